The highest BCUT2D eigenvalue weighted by Crippen LogP contribution is 2.18. The Bertz CT molecular complexity index is 1000. The second-order valence-corrected chi connectivity index (χ2v) is 9.42. The Kier molecular flexibility index (Phi) is 8.96. The zero-order chi connectivity index (χ0) is 23.0. The van der Waals surface area contributed by atoms with Crippen LogP contribution in [-0.4, -0.2) is 60.0 Å². The monoisotopic (exact) mass is 466 g/mol. The summed E-state index contributed by atoms with van der Waals surface area (Å²) in [7, 11) is -3.56. The number of sulfonamides is 1. The molecule has 1 N–H and O–H groups in total. The fourth-order valence-electron chi connectivity index (χ4n) is 2.69. The lowest BCUT2D eigenvalue weighted by atomic mass is 10.3. The first-order valence-corrected chi connectivity index (χ1v) is 12.1. The van der Waals surface area contributed by atoms with Crippen molar-refractivity contribution in [2.75, 3.05) is 30.8 Å². The largest absolute Gasteiger partial charge is 0.455 e. The number of nitrogens with zero attached hydrogens (tertiary/aromatic N) is 3. The number of ether oxygens (including phenoxy) is 1. The molecule has 9 nitrogen and oxygen atoms in total. The molecule has 0 aliphatic rings. The van der Waals surface area contributed by atoms with Crippen molar-refractivity contribution in [3.63, 3.8) is 0 Å². The summed E-state index contributed by atoms with van der Waals surface area (Å²) in [5.41, 5.74) is 2.01. The molecule has 1 aromatic carbocycles. The molecule has 31 heavy (non-hydrogen) atoms. The lowest BCUT2D eigenvalue weighted by Gasteiger charge is -2.18. The summed E-state index contributed by atoms with van der Waals surface area (Å²) in [4.78, 5) is 32.5. The lowest BCUT2D eigenvalue weighted by molar-refractivity contribution is -0.144. The van der Waals surface area contributed by atoms with Gasteiger partial charge in [-0.25, -0.2) is 18.4 Å². The van der Waals surface area contributed by atoms with Gasteiger partial charge in [0, 0.05) is 30.2 Å². The standard InChI is InChI=1S/C20H26N4O5S2/c1-5-24(6-2)31(27,28)17-9-7-16(8-10-17)23-18(25)12-29-19(26)13-30-20-21-14(3)11-15(4)22-20/h7-11H,5-6,12-13H2,1-4H3,(H,23,25). The molecule has 0 aliphatic carbocycles. The van der Waals surface area contributed by atoms with Crippen LogP contribution in [0.25, 0.3) is 0 Å². The number of aryl methyl sites for hydroxylation is 2. The van der Waals surface area contributed by atoms with Gasteiger partial charge in [-0.1, -0.05) is 25.6 Å². The van der Waals surface area contributed by atoms with Crippen molar-refractivity contribution in [3.05, 3.63) is 41.7 Å². The van der Waals surface area contributed by atoms with E-state index in [1.807, 2.05) is 19.9 Å². The number of carbonyl (C=O) groups excluding carboxylic acids is 2. The Balaban J connectivity index is 1.83. The third kappa shape index (κ3) is 7.30. The quantitative estimate of drug-likeness (QED) is 0.322. The van der Waals surface area contributed by atoms with E-state index in [-0.39, 0.29) is 10.6 Å². The average molecular weight is 467 g/mol. The highest BCUT2D eigenvalue weighted by atomic mass is 32.2. The van der Waals surface area contributed by atoms with E-state index in [0.717, 1.165) is 23.1 Å². The van der Waals surface area contributed by atoms with Gasteiger partial charge in [-0.15, -0.1) is 0 Å². The Morgan fingerprint density at radius 2 is 1.65 bits per heavy atom. The van der Waals surface area contributed by atoms with Gasteiger partial charge in [-0.05, 0) is 44.2 Å². The van der Waals surface area contributed by atoms with Crippen LogP contribution in [0.5, 0.6) is 0 Å². The van der Waals surface area contributed by atoms with Gasteiger partial charge in [0.2, 0.25) is 10.0 Å². The van der Waals surface area contributed by atoms with E-state index in [9.17, 15) is 18.0 Å². The molecule has 1 aromatic heterocycles. The number of hydrogen-bond donors (Lipinski definition) is 1. The second kappa shape index (κ2) is 11.2. The first kappa shape index (κ1) is 24.8. The number of carbonyl (C=O) groups is 2. The molecule has 0 aliphatic heterocycles. The number of amides is 1. The summed E-state index contributed by atoms with van der Waals surface area (Å²) < 4.78 is 31.3. The topological polar surface area (TPSA) is 119 Å². The summed E-state index contributed by atoms with van der Waals surface area (Å²) in [5.74, 6) is -1.11. The summed E-state index contributed by atoms with van der Waals surface area (Å²) in [6.45, 7) is 7.51. The molecule has 0 radical (unpaired) electrons. The number of hydrogen-bond acceptors (Lipinski definition) is 8. The summed E-state index contributed by atoms with van der Waals surface area (Å²) in [6, 6.07) is 7.66. The molecule has 1 amide bonds. The minimum atomic E-state index is -3.56. The SMILES string of the molecule is CCN(CC)S(=O)(=O)c1ccc(NC(=O)COC(=O)CSc2nc(C)cc(C)n2)cc1. The summed E-state index contributed by atoms with van der Waals surface area (Å²) >= 11 is 1.13. The molecule has 0 fully saturated rings. The van der Waals surface area contributed by atoms with E-state index >= 15 is 0 Å². The number of anilines is 1. The zero-order valence-corrected chi connectivity index (χ0v) is 19.5. The molecule has 0 bridgehead atoms. The zero-order valence-electron chi connectivity index (χ0n) is 17.9. The first-order chi connectivity index (χ1) is 14.6. The minimum absolute atomic E-state index is 0.0198. The Morgan fingerprint density at radius 1 is 1.06 bits per heavy atom. The van der Waals surface area contributed by atoms with Gasteiger partial charge in [-0.3, -0.25) is 9.59 Å². The van der Waals surface area contributed by atoms with Gasteiger partial charge in [0.05, 0.1) is 10.6 Å². The predicted molar refractivity (Wildman–Crippen MR) is 118 cm³/mol. The molecule has 1 heterocycles. The number of nitrogens with one attached hydrogen (secondary N) is 1. The molecular weight excluding hydrogens is 440 g/mol. The average Bonchev–Trinajstić information content (AvgIpc) is 2.71. The first-order valence-electron chi connectivity index (χ1n) is 9.66. The van der Waals surface area contributed by atoms with Crippen LogP contribution in [0.3, 0.4) is 0 Å². The fraction of sp³-hybridized carbons (Fsp3) is 0.400. The third-order valence-electron chi connectivity index (χ3n) is 4.13. The van der Waals surface area contributed by atoms with Gasteiger partial charge in [0.1, 0.15) is 0 Å². The van der Waals surface area contributed by atoms with Crippen LogP contribution in [-0.2, 0) is 24.3 Å². The number of thioether (sulfide) groups is 1. The molecule has 0 saturated heterocycles. The van der Waals surface area contributed by atoms with Crippen LogP contribution in [0.15, 0.2) is 40.4 Å². The van der Waals surface area contributed by atoms with Crippen molar-refractivity contribution in [1.29, 1.82) is 0 Å². The number of rotatable bonds is 10. The Labute approximate surface area is 186 Å². The normalized spacial score (nSPS) is 11.4. The third-order valence-corrected chi connectivity index (χ3v) is 7.01. The van der Waals surface area contributed by atoms with Crippen LogP contribution < -0.4 is 5.32 Å². The fourth-order valence-corrected chi connectivity index (χ4v) is 4.89. The second-order valence-electron chi connectivity index (χ2n) is 6.54. The minimum Gasteiger partial charge on any atom is -0.455 e. The van der Waals surface area contributed by atoms with Crippen molar-refractivity contribution in [1.82, 2.24) is 14.3 Å². The van der Waals surface area contributed by atoms with Gasteiger partial charge in [0.15, 0.2) is 11.8 Å². The summed E-state index contributed by atoms with van der Waals surface area (Å²) in [5, 5.41) is 3.04. The van der Waals surface area contributed by atoms with Crippen LogP contribution in [0, 0.1) is 13.8 Å². The van der Waals surface area contributed by atoms with Crippen LogP contribution in [0.4, 0.5) is 5.69 Å². The maximum atomic E-state index is 12.5. The molecule has 2 aromatic rings. The molecule has 0 atom stereocenters. The van der Waals surface area contributed by atoms with E-state index in [1.165, 1.54) is 28.6 Å². The number of benzene rings is 1. The van der Waals surface area contributed by atoms with Crippen molar-refractivity contribution in [2.45, 2.75) is 37.7 Å². The maximum absolute atomic E-state index is 12.5. The van der Waals surface area contributed by atoms with E-state index in [4.69, 9.17) is 4.74 Å². The van der Waals surface area contributed by atoms with Crippen LogP contribution in [0.1, 0.15) is 25.2 Å². The van der Waals surface area contributed by atoms with Gasteiger partial charge in [-0.2, -0.15) is 4.31 Å². The van der Waals surface area contributed by atoms with Gasteiger partial charge >= 0.3 is 5.97 Å². The Hall–Kier alpha value is -2.50. The highest BCUT2D eigenvalue weighted by Gasteiger charge is 2.21. The smallest absolute Gasteiger partial charge is 0.316 e. The molecule has 11 heteroatoms. The van der Waals surface area contributed by atoms with E-state index in [0.29, 0.717) is 23.9 Å². The Morgan fingerprint density at radius 3 is 2.19 bits per heavy atom. The molecular formula is C20H26N4O5S2. The molecule has 168 valence electrons. The highest BCUT2D eigenvalue weighted by molar-refractivity contribution is 7.99. The molecule has 0 spiro atoms. The molecule has 0 unspecified atom stereocenters. The lowest BCUT2D eigenvalue weighted by Crippen LogP contribution is -2.30. The van der Waals surface area contributed by atoms with Crippen molar-refractivity contribution in [2.24, 2.45) is 0 Å². The van der Waals surface area contributed by atoms with Gasteiger partial charge in [0.25, 0.3) is 5.91 Å². The maximum Gasteiger partial charge on any atom is 0.316 e. The van der Waals surface area contributed by atoms with E-state index in [1.54, 1.807) is 13.8 Å². The van der Waals surface area contributed by atoms with Crippen LogP contribution >= 0.6 is 11.8 Å². The van der Waals surface area contributed by atoms with Gasteiger partial charge < -0.3 is 10.1 Å². The molecule has 0 saturated carbocycles. The summed E-state index contributed by atoms with van der Waals surface area (Å²) in [6.07, 6.45) is 0. The molecule has 2 rings (SSSR count). The van der Waals surface area contributed by atoms with E-state index < -0.39 is 28.5 Å². The van der Waals surface area contributed by atoms with E-state index in [2.05, 4.69) is 15.3 Å². The van der Waals surface area contributed by atoms with Crippen molar-refractivity contribution in [3.8, 4) is 0 Å². The van der Waals surface area contributed by atoms with Crippen molar-refractivity contribution >= 4 is 39.3 Å². The predicted octanol–water partition coefficient (Wildman–Crippen LogP) is 2.40. The number of aromatic nitrogens is 2. The number of esters is 1. The van der Waals surface area contributed by atoms with Crippen LogP contribution in [0.2, 0.25) is 0 Å². The van der Waals surface area contributed by atoms with Crippen molar-refractivity contribution < 1.29 is 22.7 Å².